The summed E-state index contributed by atoms with van der Waals surface area (Å²) < 4.78 is 38.4. The molecule has 168 valence electrons. The van der Waals surface area contributed by atoms with Gasteiger partial charge in [0.15, 0.2) is 0 Å². The van der Waals surface area contributed by atoms with Crippen LogP contribution in [0.25, 0.3) is 0 Å². The Morgan fingerprint density at radius 2 is 2.03 bits per heavy atom. The van der Waals surface area contributed by atoms with Crippen molar-refractivity contribution in [3.8, 4) is 12.3 Å². The zero-order valence-corrected chi connectivity index (χ0v) is 17.4. The van der Waals surface area contributed by atoms with Crippen molar-refractivity contribution in [1.29, 1.82) is 0 Å². The maximum absolute atomic E-state index is 12.8. The summed E-state index contributed by atoms with van der Waals surface area (Å²) in [7, 11) is 1.96. The van der Waals surface area contributed by atoms with E-state index in [1.807, 2.05) is 11.9 Å². The van der Waals surface area contributed by atoms with Gasteiger partial charge in [-0.25, -0.2) is 0 Å². The molecule has 1 aromatic carbocycles. The number of terminal acetylenes is 1. The molecular formula is C22H27F3N4O2. The lowest BCUT2D eigenvalue weighted by molar-refractivity contribution is -0.137. The predicted molar refractivity (Wildman–Crippen MR) is 110 cm³/mol. The van der Waals surface area contributed by atoms with Crippen molar-refractivity contribution in [3.05, 3.63) is 35.4 Å². The number of likely N-dealkylation sites (N-methyl/N-ethyl adjacent to an activating group) is 1. The summed E-state index contributed by atoms with van der Waals surface area (Å²) in [4.78, 5) is 28.9. The minimum absolute atomic E-state index is 0.0153. The van der Waals surface area contributed by atoms with Crippen LogP contribution >= 0.6 is 0 Å². The molecule has 0 radical (unpaired) electrons. The van der Waals surface area contributed by atoms with Crippen molar-refractivity contribution in [1.82, 2.24) is 20.4 Å². The van der Waals surface area contributed by atoms with Gasteiger partial charge in [-0.05, 0) is 37.6 Å². The number of rotatable bonds is 6. The van der Waals surface area contributed by atoms with Crippen LogP contribution in [0, 0.1) is 12.3 Å². The van der Waals surface area contributed by atoms with Crippen LogP contribution in [0.5, 0.6) is 0 Å². The number of hydrogen-bond donors (Lipinski definition) is 2. The standard InChI is InChI=1S/C22H27F3N4O2/c1-3-11-26-19(30)9-8-17-13-27-21(31)20-18(28(17)2)10-12-29(20)14-15-4-6-16(7-5-15)22(23,24)25/h1,4-7,17-18,20H,8-14H2,2H3,(H,26,30)(H,27,31)/t17-,18+,20-/m0/s1. The third-order valence-corrected chi connectivity index (χ3v) is 6.11. The quantitative estimate of drug-likeness (QED) is 0.666. The summed E-state index contributed by atoms with van der Waals surface area (Å²) in [5.41, 5.74) is 0.0479. The lowest BCUT2D eigenvalue weighted by Gasteiger charge is -2.33. The summed E-state index contributed by atoms with van der Waals surface area (Å²) in [6.07, 6.45) is 2.47. The van der Waals surface area contributed by atoms with Crippen molar-refractivity contribution < 1.29 is 22.8 Å². The molecule has 3 atom stereocenters. The Bertz CT molecular complexity index is 835. The molecule has 6 nitrogen and oxygen atoms in total. The number of nitrogens with one attached hydrogen (secondary N) is 2. The first-order valence-electron chi connectivity index (χ1n) is 10.3. The van der Waals surface area contributed by atoms with Crippen LogP contribution in [0.2, 0.25) is 0 Å². The number of carbonyl (C=O) groups is 2. The summed E-state index contributed by atoms with van der Waals surface area (Å²) in [6.45, 7) is 1.71. The highest BCUT2D eigenvalue weighted by Gasteiger charge is 2.45. The van der Waals surface area contributed by atoms with E-state index in [1.54, 1.807) is 0 Å². The Morgan fingerprint density at radius 3 is 2.68 bits per heavy atom. The molecule has 2 fully saturated rings. The second-order valence-corrected chi connectivity index (χ2v) is 8.05. The van der Waals surface area contributed by atoms with E-state index in [1.165, 1.54) is 12.1 Å². The fourth-order valence-corrected chi connectivity index (χ4v) is 4.40. The minimum atomic E-state index is -4.37. The molecule has 2 aliphatic heterocycles. The zero-order chi connectivity index (χ0) is 22.6. The molecule has 0 aliphatic carbocycles. The number of alkyl halides is 3. The smallest absolute Gasteiger partial charge is 0.353 e. The van der Waals surface area contributed by atoms with E-state index >= 15 is 0 Å². The molecule has 0 unspecified atom stereocenters. The van der Waals surface area contributed by atoms with Gasteiger partial charge in [0, 0.05) is 38.1 Å². The highest BCUT2D eigenvalue weighted by Crippen LogP contribution is 2.31. The van der Waals surface area contributed by atoms with Crippen molar-refractivity contribution >= 4 is 11.8 Å². The fourth-order valence-electron chi connectivity index (χ4n) is 4.40. The first-order valence-corrected chi connectivity index (χ1v) is 10.3. The van der Waals surface area contributed by atoms with Gasteiger partial charge in [-0.1, -0.05) is 18.1 Å². The summed E-state index contributed by atoms with van der Waals surface area (Å²) in [6, 6.07) is 4.69. The number of nitrogens with zero attached hydrogens (tertiary/aromatic N) is 2. The fraction of sp³-hybridized carbons (Fsp3) is 0.545. The SMILES string of the molecule is C#CCNC(=O)CC[C@H]1CNC(=O)[C@@H]2[C@@H](CCN2Cc2ccc(C(F)(F)F)cc2)N1C. The second-order valence-electron chi connectivity index (χ2n) is 8.05. The number of hydrogen-bond acceptors (Lipinski definition) is 4. The number of benzene rings is 1. The van der Waals surface area contributed by atoms with E-state index in [-0.39, 0.29) is 36.5 Å². The molecule has 0 aromatic heterocycles. The maximum Gasteiger partial charge on any atom is 0.416 e. The van der Waals surface area contributed by atoms with E-state index in [0.29, 0.717) is 32.5 Å². The molecule has 0 spiro atoms. The van der Waals surface area contributed by atoms with Gasteiger partial charge < -0.3 is 10.6 Å². The maximum atomic E-state index is 12.8. The highest BCUT2D eigenvalue weighted by molar-refractivity contribution is 5.83. The molecule has 2 heterocycles. The molecule has 2 N–H and O–H groups in total. The van der Waals surface area contributed by atoms with Crippen LogP contribution in [0.3, 0.4) is 0 Å². The van der Waals surface area contributed by atoms with Gasteiger partial charge in [0.05, 0.1) is 12.1 Å². The van der Waals surface area contributed by atoms with Crippen molar-refractivity contribution in [2.24, 2.45) is 0 Å². The van der Waals surface area contributed by atoms with Gasteiger partial charge in [0.25, 0.3) is 0 Å². The summed E-state index contributed by atoms with van der Waals surface area (Å²) in [5, 5.41) is 5.62. The molecule has 9 heteroatoms. The summed E-state index contributed by atoms with van der Waals surface area (Å²) >= 11 is 0. The normalized spacial score (nSPS) is 24.7. The van der Waals surface area contributed by atoms with Crippen LogP contribution in [-0.2, 0) is 22.3 Å². The Balaban J connectivity index is 1.64. The number of likely N-dealkylation sites (tertiary alicyclic amines) is 1. The average molecular weight is 436 g/mol. The molecular weight excluding hydrogens is 409 g/mol. The number of halogens is 3. The first-order chi connectivity index (χ1) is 14.7. The lowest BCUT2D eigenvalue weighted by atomic mass is 10.0. The van der Waals surface area contributed by atoms with Crippen molar-refractivity contribution in [3.63, 3.8) is 0 Å². The first kappa shape index (κ1) is 23.1. The third-order valence-electron chi connectivity index (χ3n) is 6.11. The Labute approximate surface area is 180 Å². The van der Waals surface area contributed by atoms with Crippen LogP contribution in [-0.4, -0.2) is 66.4 Å². The van der Waals surface area contributed by atoms with E-state index in [4.69, 9.17) is 6.42 Å². The number of carbonyl (C=O) groups excluding carboxylic acids is 2. The molecule has 2 saturated heterocycles. The van der Waals surface area contributed by atoms with Crippen LogP contribution in [0.15, 0.2) is 24.3 Å². The van der Waals surface area contributed by atoms with Gasteiger partial charge in [-0.2, -0.15) is 13.2 Å². The molecule has 0 saturated carbocycles. The monoisotopic (exact) mass is 436 g/mol. The molecule has 3 rings (SSSR count). The summed E-state index contributed by atoms with van der Waals surface area (Å²) in [5.74, 6) is 2.17. The van der Waals surface area contributed by atoms with E-state index in [2.05, 4.69) is 21.5 Å². The number of fused-ring (bicyclic) bond motifs is 1. The molecule has 2 amide bonds. The van der Waals surface area contributed by atoms with Gasteiger partial charge in [-0.15, -0.1) is 6.42 Å². The molecule has 31 heavy (non-hydrogen) atoms. The Hall–Kier alpha value is -2.57. The molecule has 0 bridgehead atoms. The number of amides is 2. The van der Waals surface area contributed by atoms with Crippen LogP contribution in [0.4, 0.5) is 13.2 Å². The van der Waals surface area contributed by atoms with Gasteiger partial charge >= 0.3 is 6.18 Å². The third kappa shape index (κ3) is 5.57. The Morgan fingerprint density at radius 1 is 1.32 bits per heavy atom. The van der Waals surface area contributed by atoms with Gasteiger partial charge in [0.2, 0.25) is 11.8 Å². The second kappa shape index (κ2) is 9.71. The van der Waals surface area contributed by atoms with E-state index < -0.39 is 11.7 Å². The lowest BCUT2D eigenvalue weighted by Crippen LogP contribution is -2.49. The molecule has 1 aromatic rings. The molecule has 2 aliphatic rings. The van der Waals surface area contributed by atoms with E-state index in [9.17, 15) is 22.8 Å². The van der Waals surface area contributed by atoms with Gasteiger partial charge in [-0.3, -0.25) is 19.4 Å². The van der Waals surface area contributed by atoms with E-state index in [0.717, 1.165) is 24.1 Å². The minimum Gasteiger partial charge on any atom is -0.353 e. The zero-order valence-electron chi connectivity index (χ0n) is 17.4. The van der Waals surface area contributed by atoms with Crippen LogP contribution < -0.4 is 10.6 Å². The van der Waals surface area contributed by atoms with Crippen molar-refractivity contribution in [2.75, 3.05) is 26.7 Å². The highest BCUT2D eigenvalue weighted by atomic mass is 19.4. The average Bonchev–Trinajstić information content (AvgIpc) is 3.10. The van der Waals surface area contributed by atoms with Crippen LogP contribution in [0.1, 0.15) is 30.4 Å². The largest absolute Gasteiger partial charge is 0.416 e. The topological polar surface area (TPSA) is 64.7 Å². The Kier molecular flexibility index (Phi) is 7.23. The van der Waals surface area contributed by atoms with Crippen molar-refractivity contribution in [2.45, 2.75) is 50.1 Å². The van der Waals surface area contributed by atoms with Gasteiger partial charge in [0.1, 0.15) is 6.04 Å². The predicted octanol–water partition coefficient (Wildman–Crippen LogP) is 1.61.